The molecule has 3 aliphatic rings. The van der Waals surface area contributed by atoms with Crippen LogP contribution >= 0.6 is 0 Å². The molecule has 1 unspecified atom stereocenters. The molecule has 7 nitrogen and oxygen atoms in total. The summed E-state index contributed by atoms with van der Waals surface area (Å²) in [6, 6.07) is 8.59. The molecule has 0 N–H and O–H groups in total. The Balaban J connectivity index is 1.32. The van der Waals surface area contributed by atoms with Crippen LogP contribution in [0.2, 0.25) is 0 Å². The summed E-state index contributed by atoms with van der Waals surface area (Å²) >= 11 is 0. The zero-order chi connectivity index (χ0) is 19.0. The molecule has 4 rings (SSSR count). The summed E-state index contributed by atoms with van der Waals surface area (Å²) in [7, 11) is 0. The van der Waals surface area contributed by atoms with Gasteiger partial charge in [0.25, 0.3) is 5.91 Å². The van der Waals surface area contributed by atoms with Crippen LogP contribution in [0.25, 0.3) is 0 Å². The molecule has 0 aliphatic carbocycles. The second kappa shape index (κ2) is 7.03. The molecule has 1 atom stereocenters. The van der Waals surface area contributed by atoms with E-state index >= 15 is 0 Å². The maximum absolute atomic E-state index is 12.5. The Labute approximate surface area is 158 Å². The number of amides is 3. The summed E-state index contributed by atoms with van der Waals surface area (Å²) in [5, 5.41) is 8.83. The topological polar surface area (TPSA) is 84.7 Å². The lowest BCUT2D eigenvalue weighted by Gasteiger charge is -2.44. The molecular weight excluding hydrogens is 344 g/mol. The van der Waals surface area contributed by atoms with E-state index in [1.165, 1.54) is 0 Å². The number of likely N-dealkylation sites (tertiary alicyclic amines) is 3. The van der Waals surface area contributed by atoms with Crippen molar-refractivity contribution in [2.75, 3.05) is 32.7 Å². The van der Waals surface area contributed by atoms with Gasteiger partial charge in [-0.1, -0.05) is 0 Å². The van der Waals surface area contributed by atoms with Crippen LogP contribution in [-0.2, 0) is 9.59 Å². The first kappa shape index (κ1) is 17.5. The molecule has 1 aromatic carbocycles. The first-order chi connectivity index (χ1) is 13.1. The minimum Gasteiger partial charge on any atom is -0.342 e. The normalized spacial score (nSPS) is 22.7. The van der Waals surface area contributed by atoms with Gasteiger partial charge in [-0.3, -0.25) is 14.4 Å². The maximum atomic E-state index is 12.5. The molecule has 7 heteroatoms. The van der Waals surface area contributed by atoms with Crippen LogP contribution in [0.3, 0.4) is 0 Å². The fourth-order valence-corrected chi connectivity index (χ4v) is 4.13. The highest BCUT2D eigenvalue weighted by atomic mass is 16.2. The summed E-state index contributed by atoms with van der Waals surface area (Å²) in [5.74, 6) is -0.206. The smallest absolute Gasteiger partial charge is 0.253 e. The number of rotatable bonds is 3. The lowest BCUT2D eigenvalue weighted by molar-refractivity contribution is -0.135. The molecule has 3 fully saturated rings. The zero-order valence-corrected chi connectivity index (χ0v) is 15.1. The first-order valence-electron chi connectivity index (χ1n) is 9.44. The largest absolute Gasteiger partial charge is 0.342 e. The van der Waals surface area contributed by atoms with Crippen molar-refractivity contribution in [2.24, 2.45) is 5.92 Å². The van der Waals surface area contributed by atoms with Crippen LogP contribution in [0.15, 0.2) is 24.3 Å². The molecule has 3 amide bonds. The van der Waals surface area contributed by atoms with Crippen LogP contribution in [0, 0.1) is 17.2 Å². The third kappa shape index (κ3) is 3.27. The molecule has 0 saturated carbocycles. The third-order valence-corrected chi connectivity index (χ3v) is 5.78. The van der Waals surface area contributed by atoms with E-state index in [9.17, 15) is 14.4 Å². The second-order valence-electron chi connectivity index (χ2n) is 7.53. The number of hydrogen-bond acceptors (Lipinski definition) is 4. The Hall–Kier alpha value is -2.88. The molecule has 140 valence electrons. The van der Waals surface area contributed by atoms with Gasteiger partial charge >= 0.3 is 0 Å². The van der Waals surface area contributed by atoms with Crippen LogP contribution in [-0.4, -0.2) is 71.2 Å². The van der Waals surface area contributed by atoms with Crippen LogP contribution in [0.5, 0.6) is 0 Å². The van der Waals surface area contributed by atoms with E-state index in [1.807, 2.05) is 11.0 Å². The fourth-order valence-electron chi connectivity index (χ4n) is 4.13. The Morgan fingerprint density at radius 2 is 1.67 bits per heavy atom. The maximum Gasteiger partial charge on any atom is 0.253 e. The van der Waals surface area contributed by atoms with Crippen molar-refractivity contribution in [3.63, 3.8) is 0 Å². The van der Waals surface area contributed by atoms with Gasteiger partial charge in [0.05, 0.1) is 23.6 Å². The lowest BCUT2D eigenvalue weighted by atomic mass is 10.0. The minimum atomic E-state index is -0.237. The van der Waals surface area contributed by atoms with E-state index in [2.05, 4.69) is 0 Å². The first-order valence-corrected chi connectivity index (χ1v) is 9.44. The molecule has 3 aliphatic heterocycles. The number of hydrogen-bond donors (Lipinski definition) is 0. The van der Waals surface area contributed by atoms with Crippen molar-refractivity contribution in [1.29, 1.82) is 5.26 Å². The Morgan fingerprint density at radius 3 is 2.30 bits per heavy atom. The molecule has 1 aromatic rings. The fraction of sp³-hybridized carbons (Fsp3) is 0.500. The predicted molar refractivity (Wildman–Crippen MR) is 96.5 cm³/mol. The molecule has 3 saturated heterocycles. The molecule has 27 heavy (non-hydrogen) atoms. The van der Waals surface area contributed by atoms with Crippen LogP contribution in [0.4, 0.5) is 0 Å². The number of nitriles is 1. The van der Waals surface area contributed by atoms with Crippen molar-refractivity contribution in [2.45, 2.75) is 25.3 Å². The van der Waals surface area contributed by atoms with Crippen molar-refractivity contribution < 1.29 is 14.4 Å². The number of carbonyl (C=O) groups is 3. The highest BCUT2D eigenvalue weighted by Crippen LogP contribution is 2.28. The van der Waals surface area contributed by atoms with E-state index in [4.69, 9.17) is 5.26 Å². The molecule has 0 radical (unpaired) electrons. The van der Waals surface area contributed by atoms with Gasteiger partial charge in [-0.2, -0.15) is 5.26 Å². The Bertz CT molecular complexity index is 802. The molecule has 3 heterocycles. The summed E-state index contributed by atoms with van der Waals surface area (Å²) in [4.78, 5) is 42.8. The Morgan fingerprint density at radius 1 is 1.00 bits per heavy atom. The van der Waals surface area contributed by atoms with Gasteiger partial charge in [-0.25, -0.2) is 0 Å². The van der Waals surface area contributed by atoms with Gasteiger partial charge in [-0.15, -0.1) is 0 Å². The van der Waals surface area contributed by atoms with E-state index in [-0.39, 0.29) is 36.1 Å². The minimum absolute atomic E-state index is 0.00351. The SMILES string of the molecule is N#Cc1ccc(C(=O)N2CC(N3CC(C(=O)N4CCCC4)CC3=O)C2)cc1. The average Bonchev–Trinajstić information content (AvgIpc) is 3.30. The summed E-state index contributed by atoms with van der Waals surface area (Å²) in [6.45, 7) is 3.07. The summed E-state index contributed by atoms with van der Waals surface area (Å²) < 4.78 is 0. The zero-order valence-electron chi connectivity index (χ0n) is 15.1. The van der Waals surface area contributed by atoms with Gasteiger partial charge in [0.1, 0.15) is 0 Å². The lowest BCUT2D eigenvalue weighted by Crippen LogP contribution is -2.61. The summed E-state index contributed by atoms with van der Waals surface area (Å²) in [6.07, 6.45) is 2.38. The van der Waals surface area contributed by atoms with Gasteiger partial charge in [-0.05, 0) is 37.1 Å². The second-order valence-corrected chi connectivity index (χ2v) is 7.53. The summed E-state index contributed by atoms with van der Waals surface area (Å²) in [5.41, 5.74) is 1.06. The van der Waals surface area contributed by atoms with Crippen LogP contribution < -0.4 is 0 Å². The van der Waals surface area contributed by atoms with Crippen molar-refractivity contribution >= 4 is 17.7 Å². The van der Waals surface area contributed by atoms with Gasteiger partial charge < -0.3 is 14.7 Å². The monoisotopic (exact) mass is 366 g/mol. The predicted octanol–water partition coefficient (Wildman–Crippen LogP) is 0.854. The van der Waals surface area contributed by atoms with Crippen LogP contribution in [0.1, 0.15) is 35.2 Å². The van der Waals surface area contributed by atoms with E-state index in [1.54, 1.807) is 34.1 Å². The number of nitrogens with zero attached hydrogens (tertiary/aromatic N) is 4. The van der Waals surface area contributed by atoms with E-state index < -0.39 is 0 Å². The number of carbonyl (C=O) groups excluding carboxylic acids is 3. The number of benzene rings is 1. The molecule has 0 bridgehead atoms. The third-order valence-electron chi connectivity index (χ3n) is 5.78. The van der Waals surface area contributed by atoms with Crippen molar-refractivity contribution in [3.05, 3.63) is 35.4 Å². The standard InChI is InChI=1S/C20H22N4O3/c21-10-14-3-5-15(6-4-14)19(26)23-12-17(13-23)24-11-16(9-18(24)25)20(27)22-7-1-2-8-22/h3-6,16-17H,1-2,7-9,11-13H2. The highest BCUT2D eigenvalue weighted by molar-refractivity contribution is 5.95. The van der Waals surface area contributed by atoms with Gasteiger partial charge in [0, 0.05) is 44.7 Å². The average molecular weight is 366 g/mol. The highest BCUT2D eigenvalue weighted by Gasteiger charge is 2.44. The van der Waals surface area contributed by atoms with Crippen molar-refractivity contribution in [3.8, 4) is 6.07 Å². The van der Waals surface area contributed by atoms with E-state index in [0.717, 1.165) is 25.9 Å². The van der Waals surface area contributed by atoms with Crippen molar-refractivity contribution in [1.82, 2.24) is 14.7 Å². The molecular formula is C20H22N4O3. The van der Waals surface area contributed by atoms with Gasteiger partial charge in [0.2, 0.25) is 11.8 Å². The van der Waals surface area contributed by atoms with E-state index in [0.29, 0.717) is 30.8 Å². The quantitative estimate of drug-likeness (QED) is 0.794. The Kier molecular flexibility index (Phi) is 4.56. The van der Waals surface area contributed by atoms with Gasteiger partial charge in [0.15, 0.2) is 0 Å². The molecule has 0 spiro atoms. The molecule has 0 aromatic heterocycles.